The van der Waals surface area contributed by atoms with Crippen LogP contribution in [0.2, 0.25) is 0 Å². The zero-order valence-corrected chi connectivity index (χ0v) is 53.4. The number of esters is 3. The molecule has 1 unspecified atom stereocenters. The zero-order valence-electron chi connectivity index (χ0n) is 53.4. The van der Waals surface area contributed by atoms with Gasteiger partial charge in [0, 0.05) is 19.3 Å². The largest absolute Gasteiger partial charge is 0.462 e. The number of hydrogen-bond donors (Lipinski definition) is 0. The number of carbonyl (C=O) groups is 3. The lowest BCUT2D eigenvalue weighted by Gasteiger charge is -2.18. The zero-order chi connectivity index (χ0) is 57.1. The molecule has 79 heavy (non-hydrogen) atoms. The molecular weight excluding hydrogens is 973 g/mol. The minimum Gasteiger partial charge on any atom is -0.462 e. The Morgan fingerprint density at radius 1 is 0.253 bits per heavy atom. The first-order valence-corrected chi connectivity index (χ1v) is 35.5. The summed E-state index contributed by atoms with van der Waals surface area (Å²) in [5.74, 6) is -0.834. The lowest BCUT2D eigenvalue weighted by Crippen LogP contribution is -2.30. The van der Waals surface area contributed by atoms with E-state index in [4.69, 9.17) is 14.2 Å². The van der Waals surface area contributed by atoms with E-state index in [9.17, 15) is 14.4 Å². The second-order valence-corrected chi connectivity index (χ2v) is 24.2. The van der Waals surface area contributed by atoms with E-state index in [1.807, 2.05) is 0 Å². The standard InChI is InChI=1S/C73H136O6/c1-4-7-10-13-16-19-22-25-27-28-29-30-31-32-33-34-35-36-37-38-39-40-41-42-43-44-46-48-51-54-57-60-63-66-72(75)78-69-70(68-77-71(74)65-62-59-56-53-50-47-24-21-18-15-12-9-6-3)79-73(76)67-64-61-58-55-52-49-45-26-23-20-17-14-11-8-5-2/h22,25,28-29,31-32,70H,4-21,23-24,26-27,30,33-69H2,1-3H3/b25-22-,29-28-,32-31-. The average Bonchev–Trinajstić information content (AvgIpc) is 3.45. The van der Waals surface area contributed by atoms with Gasteiger partial charge < -0.3 is 14.2 Å². The third-order valence-electron chi connectivity index (χ3n) is 16.1. The van der Waals surface area contributed by atoms with Crippen molar-refractivity contribution in [3.8, 4) is 0 Å². The Morgan fingerprint density at radius 3 is 0.709 bits per heavy atom. The Kier molecular flexibility index (Phi) is 66.1. The molecule has 1 atom stereocenters. The van der Waals surface area contributed by atoms with E-state index in [0.717, 1.165) is 70.6 Å². The van der Waals surface area contributed by atoms with Crippen molar-refractivity contribution in [2.45, 2.75) is 399 Å². The van der Waals surface area contributed by atoms with Gasteiger partial charge in [-0.25, -0.2) is 0 Å². The van der Waals surface area contributed by atoms with E-state index in [0.29, 0.717) is 19.3 Å². The van der Waals surface area contributed by atoms with Gasteiger partial charge in [0.1, 0.15) is 13.2 Å². The van der Waals surface area contributed by atoms with Crippen LogP contribution >= 0.6 is 0 Å². The molecule has 0 fully saturated rings. The Labute approximate surface area is 493 Å². The number of allylic oxidation sites excluding steroid dienone is 6. The van der Waals surface area contributed by atoms with Crippen LogP contribution in [0.25, 0.3) is 0 Å². The van der Waals surface area contributed by atoms with E-state index in [-0.39, 0.29) is 31.1 Å². The van der Waals surface area contributed by atoms with Crippen LogP contribution in [-0.4, -0.2) is 37.2 Å². The second-order valence-electron chi connectivity index (χ2n) is 24.2. The number of ether oxygens (including phenoxy) is 3. The molecule has 0 aromatic carbocycles. The Balaban J connectivity index is 4.09. The SMILES string of the molecule is CCCCCCC/C=C\C/C=C\C/C=C\CCCCCCCCCCCCCCCCCCCCC(=O)OCC(COC(=O)CCCCCCCCCCCCCCC)OC(=O)CCCCCCCCCCCCCCCCC. The van der Waals surface area contributed by atoms with Gasteiger partial charge in [-0.1, -0.05) is 353 Å². The molecule has 0 aromatic rings. The van der Waals surface area contributed by atoms with Crippen LogP contribution in [0, 0.1) is 0 Å². The summed E-state index contributed by atoms with van der Waals surface area (Å²) in [7, 11) is 0. The molecule has 0 saturated heterocycles. The van der Waals surface area contributed by atoms with Gasteiger partial charge in [0.25, 0.3) is 0 Å². The highest BCUT2D eigenvalue weighted by atomic mass is 16.6. The lowest BCUT2D eigenvalue weighted by atomic mass is 10.0. The Hall–Kier alpha value is -2.37. The van der Waals surface area contributed by atoms with Crippen LogP contribution in [0.4, 0.5) is 0 Å². The maximum Gasteiger partial charge on any atom is 0.306 e. The van der Waals surface area contributed by atoms with E-state index < -0.39 is 6.10 Å². The van der Waals surface area contributed by atoms with Crippen LogP contribution in [0.3, 0.4) is 0 Å². The van der Waals surface area contributed by atoms with Crippen LogP contribution in [-0.2, 0) is 28.6 Å². The molecule has 6 nitrogen and oxygen atoms in total. The Bertz CT molecular complexity index is 1320. The maximum atomic E-state index is 12.9. The highest BCUT2D eigenvalue weighted by molar-refractivity contribution is 5.71. The summed E-state index contributed by atoms with van der Waals surface area (Å²) in [6.07, 6.45) is 84.7. The van der Waals surface area contributed by atoms with Crippen molar-refractivity contribution in [3.05, 3.63) is 36.5 Å². The van der Waals surface area contributed by atoms with Crippen LogP contribution < -0.4 is 0 Å². The monoisotopic (exact) mass is 1110 g/mol. The molecule has 0 aliphatic heterocycles. The molecule has 0 saturated carbocycles. The first kappa shape index (κ1) is 76.6. The fourth-order valence-corrected chi connectivity index (χ4v) is 10.8. The van der Waals surface area contributed by atoms with E-state index in [1.54, 1.807) is 0 Å². The molecule has 0 radical (unpaired) electrons. The van der Waals surface area contributed by atoms with Crippen molar-refractivity contribution in [3.63, 3.8) is 0 Å². The first-order chi connectivity index (χ1) is 39.0. The lowest BCUT2D eigenvalue weighted by molar-refractivity contribution is -0.167. The highest BCUT2D eigenvalue weighted by Crippen LogP contribution is 2.19. The van der Waals surface area contributed by atoms with E-state index >= 15 is 0 Å². The summed E-state index contributed by atoms with van der Waals surface area (Å²) < 4.78 is 17.0. The molecule has 0 aromatic heterocycles. The number of hydrogen-bond acceptors (Lipinski definition) is 6. The average molecular weight is 1110 g/mol. The van der Waals surface area contributed by atoms with E-state index in [2.05, 4.69) is 57.2 Å². The van der Waals surface area contributed by atoms with Crippen molar-refractivity contribution in [1.82, 2.24) is 0 Å². The van der Waals surface area contributed by atoms with Crippen LogP contribution in [0.1, 0.15) is 393 Å². The van der Waals surface area contributed by atoms with Crippen molar-refractivity contribution in [1.29, 1.82) is 0 Å². The normalized spacial score (nSPS) is 12.2. The van der Waals surface area contributed by atoms with Gasteiger partial charge in [-0.05, 0) is 57.8 Å². The number of unbranched alkanes of at least 4 members (excludes halogenated alkanes) is 49. The summed E-state index contributed by atoms with van der Waals surface area (Å²) >= 11 is 0. The summed E-state index contributed by atoms with van der Waals surface area (Å²) in [5.41, 5.74) is 0. The van der Waals surface area contributed by atoms with Crippen molar-refractivity contribution in [2.24, 2.45) is 0 Å². The quantitative estimate of drug-likeness (QED) is 0.0261. The number of rotatable bonds is 66. The van der Waals surface area contributed by atoms with Crippen molar-refractivity contribution < 1.29 is 28.6 Å². The van der Waals surface area contributed by atoms with Gasteiger partial charge in [0.2, 0.25) is 0 Å². The second kappa shape index (κ2) is 68.1. The smallest absolute Gasteiger partial charge is 0.306 e. The molecular formula is C73H136O6. The van der Waals surface area contributed by atoms with Gasteiger partial charge in [0.15, 0.2) is 6.10 Å². The molecule has 0 heterocycles. The molecule has 0 rings (SSSR count). The van der Waals surface area contributed by atoms with Gasteiger partial charge in [0.05, 0.1) is 0 Å². The summed E-state index contributed by atoms with van der Waals surface area (Å²) in [6.45, 7) is 6.70. The minimum absolute atomic E-state index is 0.0642. The highest BCUT2D eigenvalue weighted by Gasteiger charge is 2.19. The molecule has 0 aliphatic rings. The summed E-state index contributed by atoms with van der Waals surface area (Å²) in [6, 6.07) is 0. The predicted octanol–water partition coefficient (Wildman–Crippen LogP) is 24.3. The van der Waals surface area contributed by atoms with Crippen molar-refractivity contribution >= 4 is 17.9 Å². The maximum absolute atomic E-state index is 12.9. The molecule has 464 valence electrons. The molecule has 0 amide bonds. The third kappa shape index (κ3) is 66.3. The van der Waals surface area contributed by atoms with Crippen LogP contribution in [0.5, 0.6) is 0 Å². The third-order valence-corrected chi connectivity index (χ3v) is 16.1. The molecule has 6 heteroatoms. The molecule has 0 bridgehead atoms. The summed E-state index contributed by atoms with van der Waals surface area (Å²) in [4.78, 5) is 38.3. The summed E-state index contributed by atoms with van der Waals surface area (Å²) in [5, 5.41) is 0. The van der Waals surface area contributed by atoms with Gasteiger partial charge in [-0.15, -0.1) is 0 Å². The minimum atomic E-state index is -0.766. The number of carbonyl (C=O) groups excluding carboxylic acids is 3. The molecule has 0 aliphatic carbocycles. The van der Waals surface area contributed by atoms with Gasteiger partial charge in [-0.2, -0.15) is 0 Å². The fourth-order valence-electron chi connectivity index (χ4n) is 10.8. The molecule has 0 N–H and O–H groups in total. The molecule has 0 spiro atoms. The van der Waals surface area contributed by atoms with E-state index in [1.165, 1.54) is 283 Å². The first-order valence-electron chi connectivity index (χ1n) is 35.5. The fraction of sp³-hybridized carbons (Fsp3) is 0.877. The van der Waals surface area contributed by atoms with Gasteiger partial charge in [-0.3, -0.25) is 14.4 Å². The van der Waals surface area contributed by atoms with Crippen LogP contribution in [0.15, 0.2) is 36.5 Å². The Morgan fingerprint density at radius 2 is 0.456 bits per heavy atom. The van der Waals surface area contributed by atoms with Gasteiger partial charge >= 0.3 is 17.9 Å². The van der Waals surface area contributed by atoms with Crippen molar-refractivity contribution in [2.75, 3.05) is 13.2 Å². The topological polar surface area (TPSA) is 78.9 Å². The predicted molar refractivity (Wildman–Crippen MR) is 344 cm³/mol.